The fraction of sp³-hybridized carbons (Fsp3) is 0.238. The lowest BCUT2D eigenvalue weighted by molar-refractivity contribution is 0.0787. The molecule has 1 aliphatic rings. The predicted octanol–water partition coefficient (Wildman–Crippen LogP) is 3.78. The van der Waals surface area contributed by atoms with E-state index in [1.165, 1.54) is 13.3 Å². The quantitative estimate of drug-likeness (QED) is 0.425. The number of ether oxygens (including phenoxy) is 1. The van der Waals surface area contributed by atoms with Gasteiger partial charge < -0.3 is 14.5 Å². The second-order valence-electron chi connectivity index (χ2n) is 6.95. The molecule has 1 aliphatic heterocycles. The van der Waals surface area contributed by atoms with Crippen LogP contribution in [0.3, 0.4) is 0 Å². The second kappa shape index (κ2) is 9.41. The highest BCUT2D eigenvalue weighted by Gasteiger charge is 2.25. The molecule has 1 aromatic heterocycles. The normalized spacial score (nSPS) is 14.0. The number of rotatable bonds is 7. The van der Waals surface area contributed by atoms with Crippen molar-refractivity contribution in [3.05, 3.63) is 64.5 Å². The highest BCUT2D eigenvalue weighted by molar-refractivity contribution is 6.34. The van der Waals surface area contributed by atoms with Gasteiger partial charge in [-0.1, -0.05) is 29.8 Å². The maximum absolute atomic E-state index is 12.9. The van der Waals surface area contributed by atoms with Gasteiger partial charge in [-0.05, 0) is 29.8 Å². The van der Waals surface area contributed by atoms with E-state index < -0.39 is 18.2 Å². The highest BCUT2D eigenvalue weighted by Crippen LogP contribution is 2.29. The molecule has 0 bridgehead atoms. The van der Waals surface area contributed by atoms with E-state index >= 15 is 0 Å². The molecule has 0 unspecified atom stereocenters. The van der Waals surface area contributed by atoms with Crippen LogP contribution in [0.1, 0.15) is 28.2 Å². The zero-order chi connectivity index (χ0) is 22.7. The number of nitrogens with one attached hydrogen (secondary N) is 1. The van der Waals surface area contributed by atoms with Crippen molar-refractivity contribution in [2.75, 3.05) is 20.1 Å². The number of carbonyl (C=O) groups is 1. The maximum Gasteiger partial charge on any atom is 0.314 e. The standard InChI is InChI=1S/C21H18ClF2N5O3/c1-29(21(30)17-15(22)3-2-4-16(17)31-14-10-25-11-14)26-9-12-5-7-13(8-6-12)19-27-28-20(32-19)18(23)24/h2-9,14,18,25H,10-11H2,1H3/b26-9+. The number of carbonyl (C=O) groups excluding carboxylic acids is 1. The SMILES string of the molecule is CN(/N=C/c1ccc(-c2nnc(C(F)F)o2)cc1)C(=O)c1c(Cl)cccc1OC1CNC1. The molecule has 1 saturated heterocycles. The summed E-state index contributed by atoms with van der Waals surface area (Å²) in [5.74, 6) is -0.759. The minimum Gasteiger partial charge on any atom is -0.487 e. The molecule has 11 heteroatoms. The molecule has 1 amide bonds. The monoisotopic (exact) mass is 461 g/mol. The minimum atomic E-state index is -2.83. The number of halogens is 3. The van der Waals surface area contributed by atoms with Crippen LogP contribution in [0.15, 0.2) is 52.0 Å². The van der Waals surface area contributed by atoms with Crippen LogP contribution in [0.5, 0.6) is 5.75 Å². The van der Waals surface area contributed by atoms with E-state index in [0.29, 0.717) is 30.0 Å². The Labute approximate surface area is 186 Å². The molecule has 1 N–H and O–H groups in total. The van der Waals surface area contributed by atoms with Crippen LogP contribution in [0.25, 0.3) is 11.5 Å². The van der Waals surface area contributed by atoms with Crippen molar-refractivity contribution in [2.24, 2.45) is 5.10 Å². The van der Waals surface area contributed by atoms with Crippen LogP contribution >= 0.6 is 11.6 Å². The van der Waals surface area contributed by atoms with E-state index in [9.17, 15) is 13.6 Å². The van der Waals surface area contributed by atoms with Gasteiger partial charge in [-0.2, -0.15) is 13.9 Å². The van der Waals surface area contributed by atoms with E-state index in [2.05, 4.69) is 20.6 Å². The van der Waals surface area contributed by atoms with E-state index in [-0.39, 0.29) is 22.6 Å². The Kier molecular flexibility index (Phi) is 6.42. The predicted molar refractivity (Wildman–Crippen MR) is 113 cm³/mol. The fourth-order valence-electron chi connectivity index (χ4n) is 2.85. The maximum atomic E-state index is 12.9. The first kappa shape index (κ1) is 21.8. The second-order valence-corrected chi connectivity index (χ2v) is 7.36. The van der Waals surface area contributed by atoms with Gasteiger partial charge in [-0.3, -0.25) is 4.79 Å². The van der Waals surface area contributed by atoms with Crippen molar-refractivity contribution in [2.45, 2.75) is 12.5 Å². The Morgan fingerprint density at radius 1 is 1.28 bits per heavy atom. The topological polar surface area (TPSA) is 92.9 Å². The third-order valence-corrected chi connectivity index (χ3v) is 5.00. The average molecular weight is 462 g/mol. The molecule has 2 aromatic carbocycles. The third-order valence-electron chi connectivity index (χ3n) is 4.69. The number of hydrazone groups is 1. The summed E-state index contributed by atoms with van der Waals surface area (Å²) >= 11 is 6.27. The lowest BCUT2D eigenvalue weighted by Crippen LogP contribution is -2.50. The summed E-state index contributed by atoms with van der Waals surface area (Å²) in [6.07, 6.45) is -1.36. The molecule has 3 aromatic rings. The number of hydrogen-bond acceptors (Lipinski definition) is 7. The molecular weight excluding hydrogens is 444 g/mol. The third kappa shape index (κ3) is 4.76. The Morgan fingerprint density at radius 2 is 2.03 bits per heavy atom. The first-order valence-corrected chi connectivity index (χ1v) is 10.00. The van der Waals surface area contributed by atoms with E-state index in [1.54, 1.807) is 42.5 Å². The van der Waals surface area contributed by atoms with Crippen LogP contribution in [-0.4, -0.2) is 53.6 Å². The van der Waals surface area contributed by atoms with E-state index in [0.717, 1.165) is 5.01 Å². The number of hydrogen-bond donors (Lipinski definition) is 1. The molecule has 166 valence electrons. The molecule has 4 rings (SSSR count). The van der Waals surface area contributed by atoms with Gasteiger partial charge in [0.1, 0.15) is 17.4 Å². The van der Waals surface area contributed by atoms with Crippen LogP contribution < -0.4 is 10.1 Å². The number of aromatic nitrogens is 2. The Hall–Kier alpha value is -3.37. The van der Waals surface area contributed by atoms with E-state index in [4.69, 9.17) is 20.8 Å². The largest absolute Gasteiger partial charge is 0.487 e. The summed E-state index contributed by atoms with van der Waals surface area (Å²) in [6.45, 7) is 1.41. The van der Waals surface area contributed by atoms with Crippen molar-refractivity contribution in [3.8, 4) is 17.2 Å². The van der Waals surface area contributed by atoms with E-state index in [1.807, 2.05) is 0 Å². The van der Waals surface area contributed by atoms with Crippen molar-refractivity contribution in [1.29, 1.82) is 0 Å². The fourth-order valence-corrected chi connectivity index (χ4v) is 3.10. The van der Waals surface area contributed by atoms with Crippen LogP contribution in [0.2, 0.25) is 5.02 Å². The summed E-state index contributed by atoms with van der Waals surface area (Å²) in [5, 5.41) is 15.6. The smallest absolute Gasteiger partial charge is 0.314 e. The molecule has 32 heavy (non-hydrogen) atoms. The van der Waals surface area contributed by atoms with Gasteiger partial charge >= 0.3 is 6.43 Å². The first-order valence-electron chi connectivity index (χ1n) is 9.62. The average Bonchev–Trinajstić information content (AvgIpc) is 3.25. The molecule has 0 aliphatic carbocycles. The van der Waals surface area contributed by atoms with Gasteiger partial charge in [0.25, 0.3) is 11.8 Å². The van der Waals surface area contributed by atoms with Crippen LogP contribution in [0, 0.1) is 0 Å². The van der Waals surface area contributed by atoms with Gasteiger partial charge in [0.05, 0.1) is 11.2 Å². The lowest BCUT2D eigenvalue weighted by Gasteiger charge is -2.29. The number of alkyl halides is 2. The number of nitrogens with zero attached hydrogens (tertiary/aromatic N) is 4. The number of benzene rings is 2. The van der Waals surface area contributed by atoms with Gasteiger partial charge in [-0.25, -0.2) is 5.01 Å². The molecule has 0 spiro atoms. The Morgan fingerprint density at radius 3 is 2.66 bits per heavy atom. The van der Waals surface area contributed by atoms with Crippen LogP contribution in [-0.2, 0) is 0 Å². The minimum absolute atomic E-state index is 0.0102. The zero-order valence-corrected chi connectivity index (χ0v) is 17.6. The summed E-state index contributed by atoms with van der Waals surface area (Å²) in [7, 11) is 1.51. The molecule has 2 heterocycles. The zero-order valence-electron chi connectivity index (χ0n) is 16.8. The molecule has 8 nitrogen and oxygen atoms in total. The molecule has 1 fully saturated rings. The summed E-state index contributed by atoms with van der Waals surface area (Å²) in [5.41, 5.74) is 1.38. The molecular formula is C21H18ClF2N5O3. The first-order chi connectivity index (χ1) is 15.4. The van der Waals surface area contributed by atoms with Gasteiger partial charge in [-0.15, -0.1) is 10.2 Å². The van der Waals surface area contributed by atoms with Crippen molar-refractivity contribution in [1.82, 2.24) is 20.5 Å². The highest BCUT2D eigenvalue weighted by atomic mass is 35.5. The molecule has 0 radical (unpaired) electrons. The summed E-state index contributed by atoms with van der Waals surface area (Å²) in [6, 6.07) is 11.6. The summed E-state index contributed by atoms with van der Waals surface area (Å²) in [4.78, 5) is 12.9. The van der Waals surface area contributed by atoms with Gasteiger partial charge in [0.2, 0.25) is 5.89 Å². The molecule has 0 atom stereocenters. The van der Waals surface area contributed by atoms with Crippen LogP contribution in [0.4, 0.5) is 8.78 Å². The van der Waals surface area contributed by atoms with Gasteiger partial charge in [0.15, 0.2) is 0 Å². The molecule has 0 saturated carbocycles. The van der Waals surface area contributed by atoms with Crippen molar-refractivity contribution < 1.29 is 22.7 Å². The lowest BCUT2D eigenvalue weighted by atomic mass is 10.1. The number of amides is 1. The Bertz CT molecular complexity index is 1130. The van der Waals surface area contributed by atoms with Crippen molar-refractivity contribution in [3.63, 3.8) is 0 Å². The summed E-state index contributed by atoms with van der Waals surface area (Å²) < 4.78 is 36.0. The Balaban J connectivity index is 1.46. The van der Waals surface area contributed by atoms with Gasteiger partial charge in [0, 0.05) is 25.7 Å². The van der Waals surface area contributed by atoms with Crippen molar-refractivity contribution >= 4 is 23.7 Å².